The van der Waals surface area contributed by atoms with Gasteiger partial charge in [0.1, 0.15) is 0 Å². The molecule has 0 aliphatic rings. The Balaban J connectivity index is 1.90. The predicted molar refractivity (Wildman–Crippen MR) is 72.3 cm³/mol. The summed E-state index contributed by atoms with van der Waals surface area (Å²) in [6.45, 7) is 0.717. The molecular weight excluding hydrogens is 232 g/mol. The van der Waals surface area contributed by atoms with Crippen LogP contribution < -0.4 is 11.3 Å². The largest absolute Gasteiger partial charge is 0.399 e. The molecule has 0 atom stereocenters. The van der Waals surface area contributed by atoms with Gasteiger partial charge in [-0.25, -0.2) is 0 Å². The Morgan fingerprint density at radius 1 is 1.12 bits per heavy atom. The predicted octanol–water partition coefficient (Wildman–Crippen LogP) is 2.22. The summed E-state index contributed by atoms with van der Waals surface area (Å²) in [7, 11) is 0. The summed E-state index contributed by atoms with van der Waals surface area (Å²) < 4.78 is 1.71. The highest BCUT2D eigenvalue weighted by atomic mass is 32.2. The molecule has 2 N–H and O–H groups in total. The first-order chi connectivity index (χ1) is 8.25. The van der Waals surface area contributed by atoms with E-state index in [2.05, 4.69) is 0 Å². The smallest absolute Gasteiger partial charge is 0.250 e. The lowest BCUT2D eigenvalue weighted by Crippen LogP contribution is -2.18. The molecule has 0 radical (unpaired) electrons. The minimum atomic E-state index is 0.0467. The molecule has 2 rings (SSSR count). The molecule has 0 saturated carbocycles. The fourth-order valence-electron chi connectivity index (χ4n) is 1.47. The maximum atomic E-state index is 11.4. The average Bonchev–Trinajstić information content (AvgIpc) is 2.34. The van der Waals surface area contributed by atoms with Crippen molar-refractivity contribution in [1.82, 2.24) is 4.57 Å². The van der Waals surface area contributed by atoms with Gasteiger partial charge in [0, 0.05) is 35.1 Å². The SMILES string of the molecule is Nc1ccc(SCCn2ccccc2=O)cc1. The van der Waals surface area contributed by atoms with Gasteiger partial charge in [-0.15, -0.1) is 11.8 Å². The summed E-state index contributed by atoms with van der Waals surface area (Å²) in [4.78, 5) is 12.6. The number of thioether (sulfide) groups is 1. The minimum Gasteiger partial charge on any atom is -0.399 e. The minimum absolute atomic E-state index is 0.0467. The molecule has 0 unspecified atom stereocenters. The van der Waals surface area contributed by atoms with E-state index in [1.165, 1.54) is 4.90 Å². The van der Waals surface area contributed by atoms with Crippen molar-refractivity contribution in [3.05, 3.63) is 59.0 Å². The fraction of sp³-hybridized carbons (Fsp3) is 0.154. The van der Waals surface area contributed by atoms with Crippen LogP contribution in [0.4, 0.5) is 5.69 Å². The second-order valence-corrected chi connectivity index (χ2v) is 4.82. The Hall–Kier alpha value is -1.68. The van der Waals surface area contributed by atoms with E-state index < -0.39 is 0 Å². The molecule has 88 valence electrons. The topological polar surface area (TPSA) is 48.0 Å². The van der Waals surface area contributed by atoms with Crippen LogP contribution in [0.5, 0.6) is 0 Å². The molecule has 4 heteroatoms. The molecular formula is C13H14N2OS. The number of aromatic nitrogens is 1. The van der Waals surface area contributed by atoms with E-state index in [1.54, 1.807) is 28.5 Å². The van der Waals surface area contributed by atoms with E-state index in [1.807, 2.05) is 36.5 Å². The van der Waals surface area contributed by atoms with Crippen LogP contribution in [0.1, 0.15) is 0 Å². The number of nitrogens with two attached hydrogens (primary N) is 1. The summed E-state index contributed by atoms with van der Waals surface area (Å²) in [5.74, 6) is 0.869. The number of nitrogen functional groups attached to an aromatic ring is 1. The first-order valence-corrected chi connectivity index (χ1v) is 6.38. The van der Waals surface area contributed by atoms with Gasteiger partial charge in [0.05, 0.1) is 0 Å². The number of aryl methyl sites for hydroxylation is 1. The highest BCUT2D eigenvalue weighted by Gasteiger charge is 1.96. The summed E-state index contributed by atoms with van der Waals surface area (Å²) in [5.41, 5.74) is 6.43. The van der Waals surface area contributed by atoms with Gasteiger partial charge in [-0.3, -0.25) is 4.79 Å². The number of anilines is 1. The highest BCUT2D eigenvalue weighted by molar-refractivity contribution is 7.99. The van der Waals surface area contributed by atoms with Crippen LogP contribution >= 0.6 is 11.8 Å². The fourth-order valence-corrected chi connectivity index (χ4v) is 2.32. The van der Waals surface area contributed by atoms with Gasteiger partial charge in [-0.05, 0) is 30.3 Å². The van der Waals surface area contributed by atoms with Crippen LogP contribution in [0.25, 0.3) is 0 Å². The lowest BCUT2D eigenvalue weighted by atomic mass is 10.3. The number of hydrogen-bond donors (Lipinski definition) is 1. The monoisotopic (exact) mass is 246 g/mol. The summed E-state index contributed by atoms with van der Waals surface area (Å²) in [6.07, 6.45) is 1.81. The Bertz CT molecular complexity index is 534. The second-order valence-electron chi connectivity index (χ2n) is 3.65. The van der Waals surface area contributed by atoms with Crippen LogP contribution in [0.2, 0.25) is 0 Å². The lowest BCUT2D eigenvalue weighted by molar-refractivity contribution is 0.735. The Morgan fingerprint density at radius 2 is 1.88 bits per heavy atom. The van der Waals surface area contributed by atoms with Crippen LogP contribution in [-0.2, 0) is 6.54 Å². The van der Waals surface area contributed by atoms with E-state index in [-0.39, 0.29) is 5.56 Å². The standard InChI is InChI=1S/C13H14N2OS/c14-11-4-6-12(7-5-11)17-10-9-15-8-2-1-3-13(15)16/h1-8H,9-10,14H2. The Morgan fingerprint density at radius 3 is 2.59 bits per heavy atom. The van der Waals surface area contributed by atoms with Crippen molar-refractivity contribution in [1.29, 1.82) is 0 Å². The van der Waals surface area contributed by atoms with Gasteiger partial charge in [-0.1, -0.05) is 6.07 Å². The number of nitrogens with zero attached hydrogens (tertiary/aromatic N) is 1. The summed E-state index contributed by atoms with van der Waals surface area (Å²) >= 11 is 1.72. The number of benzene rings is 1. The highest BCUT2D eigenvalue weighted by Crippen LogP contribution is 2.18. The molecule has 1 heterocycles. The third kappa shape index (κ3) is 3.39. The van der Waals surface area contributed by atoms with Crippen molar-refractivity contribution < 1.29 is 0 Å². The zero-order valence-corrected chi connectivity index (χ0v) is 10.2. The Labute approximate surface area is 104 Å². The summed E-state index contributed by atoms with van der Waals surface area (Å²) in [5, 5.41) is 0. The van der Waals surface area contributed by atoms with Gasteiger partial charge in [-0.2, -0.15) is 0 Å². The third-order valence-corrected chi connectivity index (χ3v) is 3.37. The Kier molecular flexibility index (Phi) is 3.88. The molecule has 0 bridgehead atoms. The zero-order valence-electron chi connectivity index (χ0n) is 9.37. The zero-order chi connectivity index (χ0) is 12.1. The van der Waals surface area contributed by atoms with E-state index in [0.717, 1.165) is 11.4 Å². The molecule has 1 aromatic carbocycles. The quantitative estimate of drug-likeness (QED) is 0.664. The van der Waals surface area contributed by atoms with Crippen LogP contribution in [-0.4, -0.2) is 10.3 Å². The van der Waals surface area contributed by atoms with Crippen molar-refractivity contribution in [2.45, 2.75) is 11.4 Å². The molecule has 1 aromatic heterocycles. The lowest BCUT2D eigenvalue weighted by Gasteiger charge is -2.05. The molecule has 0 saturated heterocycles. The van der Waals surface area contributed by atoms with Gasteiger partial charge in [0.25, 0.3) is 5.56 Å². The van der Waals surface area contributed by atoms with Crippen molar-refractivity contribution in [3.63, 3.8) is 0 Å². The number of hydrogen-bond acceptors (Lipinski definition) is 3. The van der Waals surface area contributed by atoms with Crippen LogP contribution in [0.15, 0.2) is 58.4 Å². The van der Waals surface area contributed by atoms with E-state index in [9.17, 15) is 4.79 Å². The first kappa shape index (κ1) is 11.8. The molecule has 3 nitrogen and oxygen atoms in total. The van der Waals surface area contributed by atoms with Gasteiger partial charge in [0.2, 0.25) is 0 Å². The van der Waals surface area contributed by atoms with Crippen molar-refractivity contribution in [2.24, 2.45) is 0 Å². The van der Waals surface area contributed by atoms with Crippen molar-refractivity contribution >= 4 is 17.4 Å². The molecule has 0 aliphatic carbocycles. The normalized spacial score (nSPS) is 10.4. The van der Waals surface area contributed by atoms with Crippen molar-refractivity contribution in [3.8, 4) is 0 Å². The summed E-state index contributed by atoms with van der Waals surface area (Å²) in [6, 6.07) is 13.0. The van der Waals surface area contributed by atoms with Gasteiger partial charge < -0.3 is 10.3 Å². The van der Waals surface area contributed by atoms with E-state index in [4.69, 9.17) is 5.73 Å². The molecule has 0 spiro atoms. The molecule has 17 heavy (non-hydrogen) atoms. The molecule has 0 aliphatic heterocycles. The average molecular weight is 246 g/mol. The number of pyridine rings is 1. The van der Waals surface area contributed by atoms with Crippen molar-refractivity contribution in [2.75, 3.05) is 11.5 Å². The molecule has 0 amide bonds. The van der Waals surface area contributed by atoms with Crippen LogP contribution in [0, 0.1) is 0 Å². The van der Waals surface area contributed by atoms with Gasteiger partial charge in [0.15, 0.2) is 0 Å². The maximum absolute atomic E-state index is 11.4. The molecule has 2 aromatic rings. The van der Waals surface area contributed by atoms with E-state index >= 15 is 0 Å². The number of rotatable bonds is 4. The maximum Gasteiger partial charge on any atom is 0.250 e. The van der Waals surface area contributed by atoms with Gasteiger partial charge >= 0.3 is 0 Å². The van der Waals surface area contributed by atoms with E-state index in [0.29, 0.717) is 6.54 Å². The third-order valence-electron chi connectivity index (χ3n) is 2.38. The molecule has 0 fully saturated rings. The second kappa shape index (κ2) is 5.59. The van der Waals surface area contributed by atoms with Crippen LogP contribution in [0.3, 0.4) is 0 Å². The first-order valence-electron chi connectivity index (χ1n) is 5.39.